The predicted octanol–water partition coefficient (Wildman–Crippen LogP) is 3.75. The topological polar surface area (TPSA) is 21.3 Å². The van der Waals surface area contributed by atoms with Crippen LogP contribution in [-0.2, 0) is 6.54 Å². The normalized spacial score (nSPS) is 10.9. The molecule has 0 radical (unpaired) electrons. The maximum atomic E-state index is 13.4. The lowest BCUT2D eigenvalue weighted by molar-refractivity contribution is 0.239. The van der Waals surface area contributed by atoms with E-state index in [1.165, 1.54) is 6.07 Å². The molecule has 0 saturated heterocycles. The van der Waals surface area contributed by atoms with Crippen LogP contribution in [0.5, 0.6) is 5.75 Å². The minimum absolute atomic E-state index is 0.232. The van der Waals surface area contributed by atoms with Crippen LogP contribution in [0.25, 0.3) is 0 Å². The maximum Gasteiger partial charge on any atom is 0.127 e. The lowest BCUT2D eigenvalue weighted by Gasteiger charge is -2.14. The molecule has 0 fully saturated rings. The molecule has 18 heavy (non-hydrogen) atoms. The zero-order valence-electron chi connectivity index (χ0n) is 11.6. The molecule has 0 heterocycles. The van der Waals surface area contributed by atoms with E-state index in [9.17, 15) is 4.39 Å². The number of nitrogens with one attached hydrogen (secondary N) is 1. The highest BCUT2D eigenvalue weighted by atomic mass is 19.1. The molecule has 2 nitrogen and oxygen atoms in total. The Morgan fingerprint density at radius 3 is 2.50 bits per heavy atom. The lowest BCUT2D eigenvalue weighted by atomic mass is 10.1. The van der Waals surface area contributed by atoms with Crippen LogP contribution in [0, 0.1) is 11.7 Å². The second-order valence-electron chi connectivity index (χ2n) is 4.57. The molecule has 0 aliphatic carbocycles. The van der Waals surface area contributed by atoms with Gasteiger partial charge in [-0.25, -0.2) is 4.39 Å². The smallest absolute Gasteiger partial charge is 0.127 e. The summed E-state index contributed by atoms with van der Waals surface area (Å²) in [5.41, 5.74) is 0.927. The molecular formula is C15H24FNO. The summed E-state index contributed by atoms with van der Waals surface area (Å²) in [6.45, 7) is 8.55. The molecule has 0 aliphatic heterocycles. The van der Waals surface area contributed by atoms with Gasteiger partial charge >= 0.3 is 0 Å². The molecule has 1 rings (SSSR count). The minimum Gasteiger partial charge on any atom is -0.493 e. The molecule has 0 bridgehead atoms. The Kier molecular flexibility index (Phi) is 6.73. The molecule has 0 unspecified atom stereocenters. The molecule has 1 aromatic rings. The summed E-state index contributed by atoms with van der Waals surface area (Å²) in [7, 11) is 0. The van der Waals surface area contributed by atoms with Crippen LogP contribution in [0.2, 0.25) is 0 Å². The summed E-state index contributed by atoms with van der Waals surface area (Å²) < 4.78 is 19.1. The van der Waals surface area contributed by atoms with Gasteiger partial charge in [0.2, 0.25) is 0 Å². The van der Waals surface area contributed by atoms with Crippen molar-refractivity contribution in [1.29, 1.82) is 0 Å². The Hall–Kier alpha value is -1.09. The third-order valence-corrected chi connectivity index (χ3v) is 3.15. The van der Waals surface area contributed by atoms with E-state index >= 15 is 0 Å². The fourth-order valence-corrected chi connectivity index (χ4v) is 1.81. The average molecular weight is 253 g/mol. The summed E-state index contributed by atoms with van der Waals surface area (Å²) in [5, 5.41) is 3.18. The van der Waals surface area contributed by atoms with Crippen molar-refractivity contribution in [2.24, 2.45) is 5.92 Å². The standard InChI is InChI=1S/C15H24FNO/c1-4-12(5-2)11-18-15-8-13(10-17-6-3)7-14(16)9-15/h7-9,12,17H,4-6,10-11H2,1-3H3. The fraction of sp³-hybridized carbons (Fsp3) is 0.600. The first-order valence-corrected chi connectivity index (χ1v) is 6.82. The van der Waals surface area contributed by atoms with E-state index in [-0.39, 0.29) is 5.82 Å². The van der Waals surface area contributed by atoms with Crippen LogP contribution in [0.15, 0.2) is 18.2 Å². The third-order valence-electron chi connectivity index (χ3n) is 3.15. The lowest BCUT2D eigenvalue weighted by Crippen LogP contribution is -2.13. The van der Waals surface area contributed by atoms with E-state index in [1.54, 1.807) is 6.07 Å². The van der Waals surface area contributed by atoms with Crippen molar-refractivity contribution in [2.45, 2.75) is 40.2 Å². The number of ether oxygens (including phenoxy) is 1. The van der Waals surface area contributed by atoms with Gasteiger partial charge in [0.15, 0.2) is 0 Å². The van der Waals surface area contributed by atoms with E-state index in [4.69, 9.17) is 4.74 Å². The zero-order valence-corrected chi connectivity index (χ0v) is 11.6. The highest BCUT2D eigenvalue weighted by Gasteiger charge is 2.06. The number of hydrogen-bond donors (Lipinski definition) is 1. The summed E-state index contributed by atoms with van der Waals surface area (Å²) in [4.78, 5) is 0. The summed E-state index contributed by atoms with van der Waals surface area (Å²) in [5.74, 6) is 0.949. The minimum atomic E-state index is -0.232. The van der Waals surface area contributed by atoms with Gasteiger partial charge in [0, 0.05) is 12.6 Å². The third kappa shape index (κ3) is 5.05. The zero-order chi connectivity index (χ0) is 13.4. The number of halogens is 1. The van der Waals surface area contributed by atoms with Crippen LogP contribution in [0.1, 0.15) is 39.2 Å². The van der Waals surface area contributed by atoms with Gasteiger partial charge in [-0.05, 0) is 30.2 Å². The Morgan fingerprint density at radius 2 is 1.89 bits per heavy atom. The van der Waals surface area contributed by atoms with Gasteiger partial charge in [-0.15, -0.1) is 0 Å². The molecule has 3 heteroatoms. The average Bonchev–Trinajstić information content (AvgIpc) is 2.37. The second-order valence-corrected chi connectivity index (χ2v) is 4.57. The summed E-state index contributed by atoms with van der Waals surface area (Å²) >= 11 is 0. The maximum absolute atomic E-state index is 13.4. The van der Waals surface area contributed by atoms with E-state index in [0.717, 1.165) is 24.9 Å². The van der Waals surface area contributed by atoms with E-state index in [0.29, 0.717) is 24.8 Å². The molecule has 0 aliphatic rings. The van der Waals surface area contributed by atoms with Gasteiger partial charge in [0.25, 0.3) is 0 Å². The Bertz CT molecular complexity index is 350. The van der Waals surface area contributed by atoms with Crippen LogP contribution < -0.4 is 10.1 Å². The van der Waals surface area contributed by atoms with Crippen molar-refractivity contribution in [3.8, 4) is 5.75 Å². The van der Waals surface area contributed by atoms with Crippen molar-refractivity contribution < 1.29 is 9.13 Å². The van der Waals surface area contributed by atoms with Crippen molar-refractivity contribution >= 4 is 0 Å². The number of rotatable bonds is 8. The van der Waals surface area contributed by atoms with E-state index in [2.05, 4.69) is 19.2 Å². The molecule has 0 amide bonds. The highest BCUT2D eigenvalue weighted by Crippen LogP contribution is 2.18. The largest absolute Gasteiger partial charge is 0.493 e. The van der Waals surface area contributed by atoms with Gasteiger partial charge < -0.3 is 10.1 Å². The summed E-state index contributed by atoms with van der Waals surface area (Å²) in [6, 6.07) is 4.92. The van der Waals surface area contributed by atoms with Crippen molar-refractivity contribution in [3.63, 3.8) is 0 Å². The number of hydrogen-bond acceptors (Lipinski definition) is 2. The first-order valence-electron chi connectivity index (χ1n) is 6.82. The molecule has 0 spiro atoms. The summed E-state index contributed by atoms with van der Waals surface area (Å²) in [6.07, 6.45) is 2.19. The fourth-order valence-electron chi connectivity index (χ4n) is 1.81. The SMILES string of the molecule is CCNCc1cc(F)cc(OCC(CC)CC)c1. The molecule has 1 aromatic carbocycles. The second kappa shape index (κ2) is 8.09. The van der Waals surface area contributed by atoms with Gasteiger partial charge in [0.05, 0.1) is 6.61 Å². The van der Waals surface area contributed by atoms with Crippen molar-refractivity contribution in [2.75, 3.05) is 13.2 Å². The molecule has 0 atom stereocenters. The molecule has 0 saturated carbocycles. The van der Waals surface area contributed by atoms with E-state index < -0.39 is 0 Å². The monoisotopic (exact) mass is 253 g/mol. The van der Waals surface area contributed by atoms with Gasteiger partial charge in [-0.2, -0.15) is 0 Å². The van der Waals surface area contributed by atoms with Gasteiger partial charge in [0.1, 0.15) is 11.6 Å². The van der Waals surface area contributed by atoms with Crippen LogP contribution in [0.4, 0.5) is 4.39 Å². The highest BCUT2D eigenvalue weighted by molar-refractivity contribution is 5.29. The van der Waals surface area contributed by atoms with Crippen molar-refractivity contribution in [1.82, 2.24) is 5.32 Å². The molecule has 0 aromatic heterocycles. The first kappa shape index (κ1) is 15.0. The van der Waals surface area contributed by atoms with Gasteiger partial charge in [-0.3, -0.25) is 0 Å². The molecular weight excluding hydrogens is 229 g/mol. The first-order chi connectivity index (χ1) is 8.69. The Balaban J connectivity index is 2.61. The molecule has 102 valence electrons. The predicted molar refractivity (Wildman–Crippen MR) is 73.3 cm³/mol. The number of benzene rings is 1. The quantitative estimate of drug-likeness (QED) is 0.762. The van der Waals surface area contributed by atoms with Gasteiger partial charge in [-0.1, -0.05) is 33.6 Å². The molecule has 1 N–H and O–H groups in total. The van der Waals surface area contributed by atoms with E-state index in [1.807, 2.05) is 13.0 Å². The van der Waals surface area contributed by atoms with Crippen LogP contribution >= 0.6 is 0 Å². The van der Waals surface area contributed by atoms with Crippen LogP contribution in [-0.4, -0.2) is 13.2 Å². The van der Waals surface area contributed by atoms with Crippen molar-refractivity contribution in [3.05, 3.63) is 29.6 Å². The van der Waals surface area contributed by atoms with Crippen LogP contribution in [0.3, 0.4) is 0 Å². The Labute approximate surface area is 110 Å². The Morgan fingerprint density at radius 1 is 1.17 bits per heavy atom.